The Balaban J connectivity index is 1.89. The maximum atomic E-state index is 12.1. The number of amides is 1. The number of esters is 1. The van der Waals surface area contributed by atoms with Gasteiger partial charge < -0.3 is 19.7 Å². The monoisotopic (exact) mass is 292 g/mol. The Bertz CT molecular complexity index is 478. The molecule has 1 heterocycles. The standard InChI is InChI=1S/C15H20N2O4/c1-20-14(18)13-10-17(9-5-8-16-13)15(19)21-11-12-6-3-2-4-7-12/h2-4,6-7,13,16H,5,8-11H2,1H3/t13-/m1/s1. The number of methoxy groups -OCH3 is 1. The molecule has 1 fully saturated rings. The smallest absolute Gasteiger partial charge is 0.410 e. The Hall–Kier alpha value is -2.08. The Kier molecular flexibility index (Phi) is 5.57. The van der Waals surface area contributed by atoms with Gasteiger partial charge in [-0.2, -0.15) is 0 Å². The quantitative estimate of drug-likeness (QED) is 0.847. The van der Waals surface area contributed by atoms with Gasteiger partial charge in [0.2, 0.25) is 0 Å². The molecule has 21 heavy (non-hydrogen) atoms. The first-order valence-electron chi connectivity index (χ1n) is 6.97. The summed E-state index contributed by atoms with van der Waals surface area (Å²) in [5, 5.41) is 3.07. The predicted octanol–water partition coefficient (Wildman–Crippen LogP) is 1.16. The van der Waals surface area contributed by atoms with Gasteiger partial charge >= 0.3 is 12.1 Å². The molecule has 114 valence electrons. The fraction of sp³-hybridized carbons (Fsp3) is 0.467. The molecule has 1 atom stereocenters. The van der Waals surface area contributed by atoms with Crippen molar-refractivity contribution in [1.29, 1.82) is 0 Å². The van der Waals surface area contributed by atoms with E-state index in [1.807, 2.05) is 30.3 Å². The van der Waals surface area contributed by atoms with Crippen molar-refractivity contribution in [3.63, 3.8) is 0 Å². The predicted molar refractivity (Wildman–Crippen MR) is 76.6 cm³/mol. The van der Waals surface area contributed by atoms with Crippen LogP contribution >= 0.6 is 0 Å². The number of hydrogen-bond acceptors (Lipinski definition) is 5. The lowest BCUT2D eigenvalue weighted by atomic mass is 10.2. The van der Waals surface area contributed by atoms with Gasteiger partial charge in [-0.3, -0.25) is 4.79 Å². The van der Waals surface area contributed by atoms with Gasteiger partial charge in [-0.25, -0.2) is 4.79 Å². The van der Waals surface area contributed by atoms with E-state index in [0.29, 0.717) is 13.1 Å². The van der Waals surface area contributed by atoms with Crippen molar-refractivity contribution >= 4 is 12.1 Å². The highest BCUT2D eigenvalue weighted by Gasteiger charge is 2.27. The van der Waals surface area contributed by atoms with Crippen LogP contribution in [0.15, 0.2) is 30.3 Å². The van der Waals surface area contributed by atoms with Crippen molar-refractivity contribution in [2.75, 3.05) is 26.7 Å². The largest absolute Gasteiger partial charge is 0.468 e. The molecule has 1 saturated heterocycles. The lowest BCUT2D eigenvalue weighted by molar-refractivity contribution is -0.143. The Morgan fingerprint density at radius 1 is 1.33 bits per heavy atom. The Morgan fingerprint density at radius 2 is 2.10 bits per heavy atom. The van der Waals surface area contributed by atoms with Crippen LogP contribution < -0.4 is 5.32 Å². The molecular formula is C15H20N2O4. The van der Waals surface area contributed by atoms with Crippen molar-refractivity contribution in [3.8, 4) is 0 Å². The molecule has 0 radical (unpaired) electrons. The third-order valence-electron chi connectivity index (χ3n) is 3.35. The third kappa shape index (κ3) is 4.46. The van der Waals surface area contributed by atoms with Crippen molar-refractivity contribution < 1.29 is 19.1 Å². The second kappa shape index (κ2) is 7.64. The van der Waals surface area contributed by atoms with Gasteiger partial charge in [0.15, 0.2) is 0 Å². The average Bonchev–Trinajstić information content (AvgIpc) is 2.79. The molecule has 0 saturated carbocycles. The van der Waals surface area contributed by atoms with Gasteiger partial charge in [0.1, 0.15) is 12.6 Å². The van der Waals surface area contributed by atoms with Gasteiger partial charge in [0, 0.05) is 6.54 Å². The first-order valence-corrected chi connectivity index (χ1v) is 6.97. The molecule has 1 aromatic rings. The zero-order chi connectivity index (χ0) is 15.1. The maximum Gasteiger partial charge on any atom is 0.410 e. The number of carbonyl (C=O) groups excluding carboxylic acids is 2. The van der Waals surface area contributed by atoms with Gasteiger partial charge in [0.05, 0.1) is 13.7 Å². The van der Waals surface area contributed by atoms with E-state index in [1.165, 1.54) is 7.11 Å². The molecule has 0 aromatic heterocycles. The van der Waals surface area contributed by atoms with Crippen LogP contribution in [0.5, 0.6) is 0 Å². The number of carbonyl (C=O) groups is 2. The van der Waals surface area contributed by atoms with Crippen molar-refractivity contribution in [2.24, 2.45) is 0 Å². The molecule has 0 bridgehead atoms. The van der Waals surface area contributed by atoms with Gasteiger partial charge in [0.25, 0.3) is 0 Å². The van der Waals surface area contributed by atoms with Crippen LogP contribution in [0.3, 0.4) is 0 Å². The molecule has 0 unspecified atom stereocenters. The SMILES string of the molecule is COC(=O)[C@H]1CN(C(=O)OCc2ccccc2)CCCN1. The molecule has 6 heteroatoms. The molecule has 0 aliphatic carbocycles. The molecule has 1 N–H and O–H groups in total. The minimum absolute atomic E-state index is 0.229. The number of rotatable bonds is 3. The highest BCUT2D eigenvalue weighted by atomic mass is 16.6. The molecule has 1 aliphatic rings. The maximum absolute atomic E-state index is 12.1. The van der Waals surface area contributed by atoms with Crippen LogP contribution in [0.25, 0.3) is 0 Å². The molecule has 1 aliphatic heterocycles. The van der Waals surface area contributed by atoms with Crippen LogP contribution in [0.1, 0.15) is 12.0 Å². The number of benzene rings is 1. The minimum Gasteiger partial charge on any atom is -0.468 e. The van der Waals surface area contributed by atoms with Gasteiger partial charge in [-0.15, -0.1) is 0 Å². The summed E-state index contributed by atoms with van der Waals surface area (Å²) in [6.45, 7) is 1.73. The first kappa shape index (κ1) is 15.3. The molecule has 0 spiro atoms. The summed E-state index contributed by atoms with van der Waals surface area (Å²) in [5.74, 6) is -0.363. The number of nitrogens with zero attached hydrogens (tertiary/aromatic N) is 1. The molecule has 6 nitrogen and oxygen atoms in total. The van der Waals surface area contributed by atoms with E-state index in [0.717, 1.165) is 12.0 Å². The molecule has 2 rings (SSSR count). The number of nitrogens with one attached hydrogen (secondary N) is 1. The van der Waals surface area contributed by atoms with Gasteiger partial charge in [-0.05, 0) is 18.5 Å². The first-order chi connectivity index (χ1) is 10.2. The summed E-state index contributed by atoms with van der Waals surface area (Å²) in [6.07, 6.45) is 0.366. The van der Waals surface area contributed by atoms with Crippen LogP contribution in [-0.4, -0.2) is 49.7 Å². The topological polar surface area (TPSA) is 67.9 Å². The Morgan fingerprint density at radius 3 is 2.81 bits per heavy atom. The summed E-state index contributed by atoms with van der Waals surface area (Å²) >= 11 is 0. The summed E-state index contributed by atoms with van der Waals surface area (Å²) in [5.41, 5.74) is 0.934. The third-order valence-corrected chi connectivity index (χ3v) is 3.35. The lowest BCUT2D eigenvalue weighted by Gasteiger charge is -2.22. The lowest BCUT2D eigenvalue weighted by Crippen LogP contribution is -2.45. The van der Waals surface area contributed by atoms with E-state index in [-0.39, 0.29) is 19.1 Å². The summed E-state index contributed by atoms with van der Waals surface area (Å²) in [7, 11) is 1.34. The summed E-state index contributed by atoms with van der Waals surface area (Å²) < 4.78 is 10.0. The highest BCUT2D eigenvalue weighted by molar-refractivity contribution is 5.77. The van der Waals surface area contributed by atoms with Crippen LogP contribution in [0.2, 0.25) is 0 Å². The fourth-order valence-electron chi connectivity index (χ4n) is 2.20. The minimum atomic E-state index is -0.498. The van der Waals surface area contributed by atoms with Gasteiger partial charge in [-0.1, -0.05) is 30.3 Å². The number of hydrogen-bond donors (Lipinski definition) is 1. The van der Waals surface area contributed by atoms with E-state index in [9.17, 15) is 9.59 Å². The number of ether oxygens (including phenoxy) is 2. The summed E-state index contributed by atoms with van der Waals surface area (Å²) in [6, 6.07) is 9.00. The van der Waals surface area contributed by atoms with E-state index < -0.39 is 12.1 Å². The van der Waals surface area contributed by atoms with Crippen molar-refractivity contribution in [2.45, 2.75) is 19.1 Å². The molecular weight excluding hydrogens is 272 g/mol. The van der Waals surface area contributed by atoms with Crippen LogP contribution in [-0.2, 0) is 20.9 Å². The highest BCUT2D eigenvalue weighted by Crippen LogP contribution is 2.07. The normalized spacial score (nSPS) is 18.7. The van der Waals surface area contributed by atoms with E-state index in [2.05, 4.69) is 5.32 Å². The average molecular weight is 292 g/mol. The van der Waals surface area contributed by atoms with E-state index in [1.54, 1.807) is 4.90 Å². The Labute approximate surface area is 124 Å². The zero-order valence-corrected chi connectivity index (χ0v) is 12.1. The van der Waals surface area contributed by atoms with Crippen LogP contribution in [0.4, 0.5) is 4.79 Å². The second-order valence-corrected chi connectivity index (χ2v) is 4.87. The summed E-state index contributed by atoms with van der Waals surface area (Å²) in [4.78, 5) is 25.3. The van der Waals surface area contributed by atoms with Crippen molar-refractivity contribution in [1.82, 2.24) is 10.2 Å². The van der Waals surface area contributed by atoms with E-state index >= 15 is 0 Å². The zero-order valence-electron chi connectivity index (χ0n) is 12.1. The fourth-order valence-corrected chi connectivity index (χ4v) is 2.20. The van der Waals surface area contributed by atoms with E-state index in [4.69, 9.17) is 9.47 Å². The molecule has 1 amide bonds. The molecule has 1 aromatic carbocycles. The van der Waals surface area contributed by atoms with Crippen LogP contribution in [0, 0.1) is 0 Å². The second-order valence-electron chi connectivity index (χ2n) is 4.87. The van der Waals surface area contributed by atoms with Crippen molar-refractivity contribution in [3.05, 3.63) is 35.9 Å².